The normalized spacial score (nSPS) is 14.7. The van der Waals surface area contributed by atoms with Crippen LogP contribution in [0.3, 0.4) is 0 Å². The Hall–Kier alpha value is -3.29. The summed E-state index contributed by atoms with van der Waals surface area (Å²) in [6, 6.07) is 5.76. The number of aromatic nitrogens is 5. The van der Waals surface area contributed by atoms with Crippen molar-refractivity contribution in [2.75, 3.05) is 29.4 Å². The van der Waals surface area contributed by atoms with Gasteiger partial charge in [0.05, 0.1) is 18.4 Å². The molecule has 0 aliphatic carbocycles. The number of piperazine rings is 1. The summed E-state index contributed by atoms with van der Waals surface area (Å²) >= 11 is 0. The van der Waals surface area contributed by atoms with Gasteiger partial charge in [0.25, 0.3) is 0 Å². The molecule has 3 aromatic rings. The molecular formula is C19H21N7O. The number of aryl methyl sites for hydroxylation is 2. The maximum absolute atomic E-state index is 12.7. The third-order valence-corrected chi connectivity index (χ3v) is 4.61. The lowest BCUT2D eigenvalue weighted by Gasteiger charge is -2.34. The van der Waals surface area contributed by atoms with Gasteiger partial charge in [-0.3, -0.25) is 14.5 Å². The fourth-order valence-electron chi connectivity index (χ4n) is 3.15. The summed E-state index contributed by atoms with van der Waals surface area (Å²) in [5.74, 6) is 1.48. The van der Waals surface area contributed by atoms with E-state index in [9.17, 15) is 4.79 Å². The number of hydrogen-bond donors (Lipinski definition) is 0. The molecule has 4 heterocycles. The number of nitrogens with zero attached hydrogens (tertiary/aromatic N) is 7. The van der Waals surface area contributed by atoms with E-state index in [0.29, 0.717) is 18.9 Å². The lowest BCUT2D eigenvalue weighted by molar-refractivity contribution is -0.117. The largest absolute Gasteiger partial charge is 0.345 e. The van der Waals surface area contributed by atoms with E-state index in [1.807, 2.05) is 36.3 Å². The minimum Gasteiger partial charge on any atom is -0.345 e. The van der Waals surface area contributed by atoms with Crippen molar-refractivity contribution in [3.8, 4) is 11.4 Å². The van der Waals surface area contributed by atoms with Gasteiger partial charge in [0.2, 0.25) is 5.91 Å². The Kier molecular flexibility index (Phi) is 4.53. The van der Waals surface area contributed by atoms with Crippen molar-refractivity contribution in [2.24, 2.45) is 7.05 Å². The third kappa shape index (κ3) is 3.51. The van der Waals surface area contributed by atoms with Gasteiger partial charge in [-0.1, -0.05) is 6.92 Å². The molecule has 0 aromatic carbocycles. The molecule has 27 heavy (non-hydrogen) atoms. The quantitative estimate of drug-likeness (QED) is 0.702. The van der Waals surface area contributed by atoms with Crippen LogP contribution in [0, 0.1) is 0 Å². The summed E-state index contributed by atoms with van der Waals surface area (Å²) in [7, 11) is 1.85. The number of amides is 1. The van der Waals surface area contributed by atoms with Gasteiger partial charge in [-0.2, -0.15) is 5.10 Å². The van der Waals surface area contributed by atoms with Crippen LogP contribution < -0.4 is 9.80 Å². The van der Waals surface area contributed by atoms with Gasteiger partial charge < -0.3 is 9.80 Å². The van der Waals surface area contributed by atoms with Gasteiger partial charge in [-0.15, -0.1) is 0 Å². The molecule has 0 radical (unpaired) electrons. The second-order valence-corrected chi connectivity index (χ2v) is 6.47. The van der Waals surface area contributed by atoms with E-state index in [1.165, 1.54) is 0 Å². The van der Waals surface area contributed by atoms with E-state index in [0.717, 1.165) is 29.2 Å². The predicted octanol–water partition coefficient (Wildman–Crippen LogP) is 1.69. The number of hydrogen-bond acceptors (Lipinski definition) is 6. The van der Waals surface area contributed by atoms with Crippen molar-refractivity contribution >= 4 is 17.4 Å². The van der Waals surface area contributed by atoms with Crippen molar-refractivity contribution in [3.05, 3.63) is 48.7 Å². The number of carbonyl (C=O) groups excluding carboxylic acids is 1. The summed E-state index contributed by atoms with van der Waals surface area (Å²) in [4.78, 5) is 29.9. The monoisotopic (exact) mass is 363 g/mol. The van der Waals surface area contributed by atoms with E-state index in [2.05, 4.69) is 22.0 Å². The van der Waals surface area contributed by atoms with Crippen molar-refractivity contribution in [1.82, 2.24) is 24.7 Å². The molecule has 0 spiro atoms. The van der Waals surface area contributed by atoms with Gasteiger partial charge in [-0.05, 0) is 18.6 Å². The summed E-state index contributed by atoms with van der Waals surface area (Å²) in [6.45, 7) is 3.65. The highest BCUT2D eigenvalue weighted by Gasteiger charge is 2.27. The van der Waals surface area contributed by atoms with Gasteiger partial charge in [0.15, 0.2) is 5.82 Å². The Morgan fingerprint density at radius 1 is 1.15 bits per heavy atom. The molecule has 8 heteroatoms. The van der Waals surface area contributed by atoms with Crippen molar-refractivity contribution in [1.29, 1.82) is 0 Å². The van der Waals surface area contributed by atoms with E-state index in [1.54, 1.807) is 28.2 Å². The van der Waals surface area contributed by atoms with Crippen LogP contribution in [0.1, 0.15) is 12.6 Å². The zero-order chi connectivity index (χ0) is 18.8. The zero-order valence-electron chi connectivity index (χ0n) is 15.4. The number of rotatable bonds is 4. The van der Waals surface area contributed by atoms with E-state index < -0.39 is 0 Å². The van der Waals surface area contributed by atoms with Crippen LogP contribution in [0.2, 0.25) is 0 Å². The molecule has 3 aromatic heterocycles. The lowest BCUT2D eigenvalue weighted by atomic mass is 10.2. The average Bonchev–Trinajstić information content (AvgIpc) is 3.14. The average molecular weight is 363 g/mol. The maximum Gasteiger partial charge on any atom is 0.246 e. The summed E-state index contributed by atoms with van der Waals surface area (Å²) in [5, 5.41) is 4.15. The van der Waals surface area contributed by atoms with Gasteiger partial charge in [0.1, 0.15) is 5.82 Å². The fourth-order valence-corrected chi connectivity index (χ4v) is 3.15. The first-order chi connectivity index (χ1) is 13.1. The van der Waals surface area contributed by atoms with Crippen LogP contribution in [-0.4, -0.2) is 50.3 Å². The van der Waals surface area contributed by atoms with Crippen LogP contribution in [0.25, 0.3) is 11.4 Å². The lowest BCUT2D eigenvalue weighted by Crippen LogP contribution is -2.50. The minimum atomic E-state index is 0.0383. The van der Waals surface area contributed by atoms with E-state index in [-0.39, 0.29) is 12.5 Å². The highest BCUT2D eigenvalue weighted by Crippen LogP contribution is 2.23. The molecule has 4 rings (SSSR count). The molecule has 1 saturated heterocycles. The first kappa shape index (κ1) is 17.1. The van der Waals surface area contributed by atoms with Crippen LogP contribution in [0.5, 0.6) is 0 Å². The Labute approximate surface area is 157 Å². The SMILES string of the molecule is CCc1cc(N2CCN(c3cnn(C)c3)C(=O)C2)nc(-c2ccncc2)n1. The smallest absolute Gasteiger partial charge is 0.246 e. The highest BCUT2D eigenvalue weighted by atomic mass is 16.2. The number of carbonyl (C=O) groups is 1. The molecule has 138 valence electrons. The molecule has 0 atom stereocenters. The minimum absolute atomic E-state index is 0.0383. The molecule has 0 saturated carbocycles. The molecule has 1 amide bonds. The van der Waals surface area contributed by atoms with Crippen molar-refractivity contribution < 1.29 is 4.79 Å². The second kappa shape index (κ2) is 7.14. The molecule has 0 N–H and O–H groups in total. The number of pyridine rings is 1. The Balaban J connectivity index is 1.59. The van der Waals surface area contributed by atoms with Crippen molar-refractivity contribution in [2.45, 2.75) is 13.3 Å². The predicted molar refractivity (Wildman–Crippen MR) is 102 cm³/mol. The first-order valence-electron chi connectivity index (χ1n) is 8.96. The van der Waals surface area contributed by atoms with Crippen molar-refractivity contribution in [3.63, 3.8) is 0 Å². The highest BCUT2D eigenvalue weighted by molar-refractivity contribution is 5.97. The second-order valence-electron chi connectivity index (χ2n) is 6.47. The molecule has 8 nitrogen and oxygen atoms in total. The topological polar surface area (TPSA) is 80.0 Å². The summed E-state index contributed by atoms with van der Waals surface area (Å²) < 4.78 is 1.70. The Morgan fingerprint density at radius 2 is 1.96 bits per heavy atom. The summed E-state index contributed by atoms with van der Waals surface area (Å²) in [6.07, 6.45) is 7.83. The fraction of sp³-hybridized carbons (Fsp3) is 0.316. The first-order valence-corrected chi connectivity index (χ1v) is 8.96. The molecular weight excluding hydrogens is 342 g/mol. The maximum atomic E-state index is 12.7. The zero-order valence-corrected chi connectivity index (χ0v) is 15.4. The standard InChI is InChI=1S/C19H21N7O/c1-3-15-10-17(23-19(22-15)14-4-6-20-7-5-14)25-8-9-26(18(27)13-25)16-11-21-24(2)12-16/h4-7,10-12H,3,8-9,13H2,1-2H3. The van der Waals surface area contributed by atoms with Crippen LogP contribution in [-0.2, 0) is 18.3 Å². The molecule has 1 aliphatic heterocycles. The third-order valence-electron chi connectivity index (χ3n) is 4.61. The summed E-state index contributed by atoms with van der Waals surface area (Å²) in [5.41, 5.74) is 2.70. The Morgan fingerprint density at radius 3 is 2.63 bits per heavy atom. The molecule has 1 fully saturated rings. The van der Waals surface area contributed by atoms with E-state index in [4.69, 9.17) is 4.98 Å². The van der Waals surface area contributed by atoms with Gasteiger partial charge in [-0.25, -0.2) is 9.97 Å². The van der Waals surface area contributed by atoms with Crippen LogP contribution >= 0.6 is 0 Å². The molecule has 1 aliphatic rings. The van der Waals surface area contributed by atoms with Crippen LogP contribution in [0.4, 0.5) is 11.5 Å². The van der Waals surface area contributed by atoms with Gasteiger partial charge in [0, 0.05) is 56.1 Å². The van der Waals surface area contributed by atoms with E-state index >= 15 is 0 Å². The van der Waals surface area contributed by atoms with Crippen LogP contribution in [0.15, 0.2) is 43.0 Å². The van der Waals surface area contributed by atoms with Gasteiger partial charge >= 0.3 is 0 Å². The Bertz CT molecular complexity index is 954. The number of anilines is 2. The molecule has 0 unspecified atom stereocenters. The molecule has 0 bridgehead atoms.